The summed E-state index contributed by atoms with van der Waals surface area (Å²) in [5.74, 6) is 0.457. The first kappa shape index (κ1) is 14.9. The normalized spacial score (nSPS) is 12.0. The lowest BCUT2D eigenvalue weighted by molar-refractivity contribution is 0.597. The highest BCUT2D eigenvalue weighted by Gasteiger charge is 2.19. The van der Waals surface area contributed by atoms with Crippen LogP contribution in [-0.2, 0) is 9.84 Å². The second-order valence-electron chi connectivity index (χ2n) is 5.59. The number of rotatable bonds is 3. The Morgan fingerprint density at radius 3 is 2.54 bits per heavy atom. The van der Waals surface area contributed by atoms with Crippen LogP contribution in [-0.4, -0.2) is 19.2 Å². The third-order valence-corrected chi connectivity index (χ3v) is 5.85. The van der Waals surface area contributed by atoms with Crippen LogP contribution in [0.3, 0.4) is 0 Å². The van der Waals surface area contributed by atoms with Crippen LogP contribution in [0.4, 0.5) is 0 Å². The van der Waals surface area contributed by atoms with Gasteiger partial charge in [-0.3, -0.25) is 0 Å². The Morgan fingerprint density at radius 1 is 0.958 bits per heavy atom. The number of hydrogen-bond acceptors (Lipinski definition) is 4. The molecule has 5 heteroatoms. The van der Waals surface area contributed by atoms with E-state index in [1.165, 1.54) is 0 Å². The Balaban J connectivity index is 1.92. The highest BCUT2D eigenvalue weighted by atomic mass is 32.2. The van der Waals surface area contributed by atoms with E-state index < -0.39 is 9.84 Å². The topological polar surface area (TPSA) is 60.2 Å². The van der Waals surface area contributed by atoms with Gasteiger partial charge in [-0.1, -0.05) is 43.3 Å². The van der Waals surface area contributed by atoms with Crippen molar-refractivity contribution in [2.45, 2.75) is 11.8 Å². The Kier molecular flexibility index (Phi) is 3.39. The van der Waals surface area contributed by atoms with Crippen molar-refractivity contribution in [3.05, 3.63) is 60.7 Å². The smallest absolute Gasteiger partial charge is 0.227 e. The molecule has 0 N–H and O–H groups in total. The van der Waals surface area contributed by atoms with Crippen molar-refractivity contribution < 1.29 is 12.8 Å². The van der Waals surface area contributed by atoms with Gasteiger partial charge in [0.05, 0.1) is 10.6 Å². The number of para-hydroxylation sites is 1. The van der Waals surface area contributed by atoms with Gasteiger partial charge in [-0.05, 0) is 35.0 Å². The first-order valence-electron chi connectivity index (χ1n) is 7.70. The van der Waals surface area contributed by atoms with E-state index >= 15 is 0 Å². The van der Waals surface area contributed by atoms with Crippen LogP contribution >= 0.6 is 0 Å². The summed E-state index contributed by atoms with van der Waals surface area (Å²) < 4.78 is 30.3. The predicted molar refractivity (Wildman–Crippen MR) is 94.7 cm³/mol. The molecule has 0 spiro atoms. The van der Waals surface area contributed by atoms with Crippen molar-refractivity contribution in [3.63, 3.8) is 0 Å². The summed E-state index contributed by atoms with van der Waals surface area (Å²) in [5.41, 5.74) is 1.69. The van der Waals surface area contributed by atoms with Gasteiger partial charge in [-0.15, -0.1) is 0 Å². The molecular weight excluding hydrogens is 322 g/mol. The maximum atomic E-state index is 12.3. The molecule has 0 saturated carbocycles. The molecule has 0 aliphatic heterocycles. The predicted octanol–water partition coefficient (Wildman–Crippen LogP) is 4.44. The molecule has 0 radical (unpaired) electrons. The lowest BCUT2D eigenvalue weighted by Gasteiger charge is -2.00. The van der Waals surface area contributed by atoms with Crippen LogP contribution in [0.1, 0.15) is 6.92 Å². The van der Waals surface area contributed by atoms with Crippen molar-refractivity contribution in [2.75, 3.05) is 5.75 Å². The molecule has 0 fully saturated rings. The number of oxazole rings is 1. The molecule has 0 atom stereocenters. The van der Waals surface area contributed by atoms with Crippen LogP contribution in [0.5, 0.6) is 0 Å². The van der Waals surface area contributed by atoms with Crippen LogP contribution in [0.25, 0.3) is 33.3 Å². The van der Waals surface area contributed by atoms with E-state index in [1.807, 2.05) is 42.5 Å². The van der Waals surface area contributed by atoms with Gasteiger partial charge in [0.25, 0.3) is 0 Å². The molecule has 120 valence electrons. The maximum absolute atomic E-state index is 12.3. The van der Waals surface area contributed by atoms with Gasteiger partial charge < -0.3 is 4.42 Å². The minimum Gasteiger partial charge on any atom is -0.436 e. The summed E-state index contributed by atoms with van der Waals surface area (Å²) in [4.78, 5) is 4.68. The molecule has 24 heavy (non-hydrogen) atoms. The van der Waals surface area contributed by atoms with Gasteiger partial charge in [0.2, 0.25) is 5.89 Å². The number of sulfone groups is 1. The molecule has 4 nitrogen and oxygen atoms in total. The molecule has 1 heterocycles. The fourth-order valence-electron chi connectivity index (χ4n) is 2.78. The molecule has 0 unspecified atom stereocenters. The summed E-state index contributed by atoms with van der Waals surface area (Å²) in [6.07, 6.45) is 0. The SMILES string of the molecule is CCS(=O)(=O)c1cccc2oc(-c3ccc4ccccc4c3)nc12. The first-order chi connectivity index (χ1) is 11.6. The zero-order valence-corrected chi connectivity index (χ0v) is 13.9. The Morgan fingerprint density at radius 2 is 1.75 bits per heavy atom. The van der Waals surface area contributed by atoms with Crippen molar-refractivity contribution in [2.24, 2.45) is 0 Å². The van der Waals surface area contributed by atoms with E-state index in [0.29, 0.717) is 17.0 Å². The zero-order valence-electron chi connectivity index (χ0n) is 13.1. The van der Waals surface area contributed by atoms with Crippen molar-refractivity contribution in [1.82, 2.24) is 4.98 Å². The van der Waals surface area contributed by atoms with E-state index in [1.54, 1.807) is 25.1 Å². The summed E-state index contributed by atoms with van der Waals surface area (Å²) in [6.45, 7) is 1.62. The number of nitrogens with zero attached hydrogens (tertiary/aromatic N) is 1. The highest BCUT2D eigenvalue weighted by Crippen LogP contribution is 2.30. The zero-order chi connectivity index (χ0) is 16.7. The van der Waals surface area contributed by atoms with Gasteiger partial charge >= 0.3 is 0 Å². The van der Waals surface area contributed by atoms with Gasteiger partial charge in [0.15, 0.2) is 15.4 Å². The molecule has 0 saturated heterocycles. The number of benzene rings is 3. The molecular formula is C19H15NO3S. The molecule has 4 aromatic rings. The van der Waals surface area contributed by atoms with Crippen molar-refractivity contribution in [1.29, 1.82) is 0 Å². The minimum atomic E-state index is -3.35. The van der Waals surface area contributed by atoms with Gasteiger partial charge in [0, 0.05) is 5.56 Å². The molecule has 0 aliphatic carbocycles. The van der Waals surface area contributed by atoms with Crippen LogP contribution in [0.15, 0.2) is 70.0 Å². The van der Waals surface area contributed by atoms with Crippen molar-refractivity contribution in [3.8, 4) is 11.5 Å². The fraction of sp³-hybridized carbons (Fsp3) is 0.105. The van der Waals surface area contributed by atoms with Crippen LogP contribution < -0.4 is 0 Å². The van der Waals surface area contributed by atoms with E-state index in [0.717, 1.165) is 16.3 Å². The van der Waals surface area contributed by atoms with Crippen molar-refractivity contribution >= 4 is 31.7 Å². The first-order valence-corrected chi connectivity index (χ1v) is 9.35. The maximum Gasteiger partial charge on any atom is 0.227 e. The van der Waals surface area contributed by atoms with Crippen LogP contribution in [0.2, 0.25) is 0 Å². The molecule has 0 amide bonds. The minimum absolute atomic E-state index is 0.0320. The average Bonchev–Trinajstić information content (AvgIpc) is 3.05. The standard InChI is InChI=1S/C19H15NO3S/c1-2-24(21,22)17-9-5-8-16-18(17)20-19(23-16)15-11-10-13-6-3-4-7-14(13)12-15/h3-12H,2H2,1H3. The fourth-order valence-corrected chi connectivity index (χ4v) is 3.81. The summed E-state index contributed by atoms with van der Waals surface area (Å²) in [6, 6.07) is 19.0. The Hall–Kier alpha value is -2.66. The average molecular weight is 337 g/mol. The lowest BCUT2D eigenvalue weighted by Crippen LogP contribution is -2.04. The largest absolute Gasteiger partial charge is 0.436 e. The molecule has 4 rings (SSSR count). The molecule has 0 aliphatic rings. The summed E-state index contributed by atoms with van der Waals surface area (Å²) in [5, 5.41) is 2.21. The molecule has 3 aromatic carbocycles. The second-order valence-corrected chi connectivity index (χ2v) is 7.83. The Bertz CT molecular complexity index is 1160. The lowest BCUT2D eigenvalue weighted by atomic mass is 10.1. The summed E-state index contributed by atoms with van der Waals surface area (Å²) in [7, 11) is -3.35. The number of hydrogen-bond donors (Lipinski definition) is 0. The number of aromatic nitrogens is 1. The van der Waals surface area contributed by atoms with E-state index in [9.17, 15) is 8.42 Å². The molecule has 0 bridgehead atoms. The van der Waals surface area contributed by atoms with Gasteiger partial charge in [0.1, 0.15) is 5.52 Å². The van der Waals surface area contributed by atoms with E-state index in [2.05, 4.69) is 4.98 Å². The van der Waals surface area contributed by atoms with Crippen LogP contribution in [0, 0.1) is 0 Å². The second kappa shape index (κ2) is 5.46. The van der Waals surface area contributed by atoms with Gasteiger partial charge in [-0.2, -0.15) is 0 Å². The highest BCUT2D eigenvalue weighted by molar-refractivity contribution is 7.91. The summed E-state index contributed by atoms with van der Waals surface area (Å²) >= 11 is 0. The third kappa shape index (κ3) is 2.37. The molecule has 1 aromatic heterocycles. The van der Waals surface area contributed by atoms with Gasteiger partial charge in [-0.25, -0.2) is 13.4 Å². The monoisotopic (exact) mass is 337 g/mol. The van der Waals surface area contributed by atoms with E-state index in [-0.39, 0.29) is 10.6 Å². The van der Waals surface area contributed by atoms with E-state index in [4.69, 9.17) is 4.42 Å². The quantitative estimate of drug-likeness (QED) is 0.554. The third-order valence-electron chi connectivity index (χ3n) is 4.09. The Labute approximate surface area is 139 Å². The number of fused-ring (bicyclic) bond motifs is 2.